The van der Waals surface area contributed by atoms with Gasteiger partial charge in [0.25, 0.3) is 0 Å². The van der Waals surface area contributed by atoms with E-state index in [0.717, 1.165) is 11.3 Å². The molecule has 0 fully saturated rings. The van der Waals surface area contributed by atoms with E-state index in [4.69, 9.17) is 10.8 Å². The lowest BCUT2D eigenvalue weighted by Crippen LogP contribution is -2.14. The van der Waals surface area contributed by atoms with Crippen LogP contribution in [0.5, 0.6) is 0 Å². The Morgan fingerprint density at radius 3 is 2.82 bits per heavy atom. The Labute approximate surface area is 66.6 Å². The zero-order valence-electron chi connectivity index (χ0n) is 6.72. The Hall–Kier alpha value is -1.20. The van der Waals surface area contributed by atoms with Gasteiger partial charge in [0.1, 0.15) is 11.8 Å². The van der Waals surface area contributed by atoms with Gasteiger partial charge in [0.2, 0.25) is 0 Å². The number of nitrogens with one attached hydrogen (secondary N) is 1. The molecule has 0 aliphatic rings. The summed E-state index contributed by atoms with van der Waals surface area (Å²) in [4.78, 5) is 0. The molecule has 0 aromatic carbocycles. The molecule has 11 heavy (non-hydrogen) atoms. The van der Waals surface area contributed by atoms with Crippen LogP contribution < -0.4 is 5.32 Å². The van der Waals surface area contributed by atoms with Crippen LogP contribution in [0.25, 0.3) is 0 Å². The maximum Gasteiger partial charge on any atom is 0.135 e. The molecule has 0 saturated carbocycles. The summed E-state index contributed by atoms with van der Waals surface area (Å²) in [7, 11) is 1.81. The molecule has 1 aromatic heterocycles. The molecule has 0 aliphatic heterocycles. The van der Waals surface area contributed by atoms with E-state index >= 15 is 0 Å². The number of furan rings is 1. The first kappa shape index (κ1) is 7.90. The average molecular weight is 149 g/mol. The van der Waals surface area contributed by atoms with Crippen LogP contribution in [-0.4, -0.2) is 7.05 Å². The first-order valence-corrected chi connectivity index (χ1v) is 3.47. The van der Waals surface area contributed by atoms with Gasteiger partial charge in [-0.2, -0.15) is 0 Å². The maximum atomic E-state index is 5.27. The van der Waals surface area contributed by atoms with Crippen molar-refractivity contribution >= 4 is 0 Å². The third-order valence-corrected chi connectivity index (χ3v) is 1.62. The molecule has 1 aromatic rings. The summed E-state index contributed by atoms with van der Waals surface area (Å²) in [6.45, 7) is 1.97. The number of terminal acetylenes is 1. The maximum absolute atomic E-state index is 5.27. The molecular weight excluding hydrogens is 138 g/mol. The smallest absolute Gasteiger partial charge is 0.135 e. The van der Waals surface area contributed by atoms with E-state index in [-0.39, 0.29) is 6.04 Å². The fourth-order valence-corrected chi connectivity index (χ4v) is 0.970. The fraction of sp³-hybridized carbons (Fsp3) is 0.333. The highest BCUT2D eigenvalue weighted by Gasteiger charge is 2.10. The minimum absolute atomic E-state index is 0.106. The van der Waals surface area contributed by atoms with Crippen molar-refractivity contribution < 1.29 is 4.42 Å². The number of hydrogen-bond donors (Lipinski definition) is 1. The minimum atomic E-state index is -0.106. The minimum Gasteiger partial charge on any atom is -0.466 e. The number of hydrogen-bond acceptors (Lipinski definition) is 2. The molecule has 0 radical (unpaired) electrons. The van der Waals surface area contributed by atoms with E-state index in [1.54, 1.807) is 6.26 Å². The van der Waals surface area contributed by atoms with Crippen molar-refractivity contribution in [2.45, 2.75) is 13.0 Å². The SMILES string of the molecule is C#CC(NC)c1occc1C. The van der Waals surface area contributed by atoms with Crippen LogP contribution in [0.2, 0.25) is 0 Å². The van der Waals surface area contributed by atoms with E-state index in [1.807, 2.05) is 20.0 Å². The summed E-state index contributed by atoms with van der Waals surface area (Å²) in [5.41, 5.74) is 1.09. The molecule has 1 rings (SSSR count). The Balaban J connectivity index is 2.92. The zero-order chi connectivity index (χ0) is 8.27. The predicted octanol–water partition coefficient (Wildman–Crippen LogP) is 1.48. The molecule has 0 saturated heterocycles. The van der Waals surface area contributed by atoms with Crippen LogP contribution in [-0.2, 0) is 0 Å². The largest absolute Gasteiger partial charge is 0.466 e. The van der Waals surface area contributed by atoms with Crippen LogP contribution in [0.15, 0.2) is 16.7 Å². The van der Waals surface area contributed by atoms with Crippen LogP contribution in [0.3, 0.4) is 0 Å². The lowest BCUT2D eigenvalue weighted by atomic mass is 10.1. The lowest BCUT2D eigenvalue weighted by molar-refractivity contribution is 0.472. The molecule has 1 heterocycles. The molecule has 0 bridgehead atoms. The second kappa shape index (κ2) is 3.27. The highest BCUT2D eigenvalue weighted by atomic mass is 16.3. The molecule has 1 unspecified atom stereocenters. The zero-order valence-corrected chi connectivity index (χ0v) is 6.72. The van der Waals surface area contributed by atoms with Gasteiger partial charge in [-0.3, -0.25) is 0 Å². The summed E-state index contributed by atoms with van der Waals surface area (Å²) in [6, 6.07) is 1.79. The van der Waals surface area contributed by atoms with Crippen LogP contribution >= 0.6 is 0 Å². The third-order valence-electron chi connectivity index (χ3n) is 1.62. The molecule has 2 nitrogen and oxygen atoms in total. The molecule has 0 spiro atoms. The monoisotopic (exact) mass is 149 g/mol. The fourth-order valence-electron chi connectivity index (χ4n) is 0.970. The summed E-state index contributed by atoms with van der Waals surface area (Å²) < 4.78 is 5.20. The Kier molecular flexibility index (Phi) is 2.35. The van der Waals surface area contributed by atoms with Crippen molar-refractivity contribution in [3.8, 4) is 12.3 Å². The van der Waals surface area contributed by atoms with Gasteiger partial charge in [0.05, 0.1) is 6.26 Å². The van der Waals surface area contributed by atoms with E-state index in [9.17, 15) is 0 Å². The average Bonchev–Trinajstić information content (AvgIpc) is 2.40. The van der Waals surface area contributed by atoms with Gasteiger partial charge in [-0.15, -0.1) is 6.42 Å². The van der Waals surface area contributed by atoms with E-state index < -0.39 is 0 Å². The van der Waals surface area contributed by atoms with Gasteiger partial charge in [0, 0.05) is 0 Å². The summed E-state index contributed by atoms with van der Waals surface area (Å²) in [5.74, 6) is 3.42. The Morgan fingerprint density at radius 2 is 2.45 bits per heavy atom. The van der Waals surface area contributed by atoms with Crippen molar-refractivity contribution in [1.29, 1.82) is 0 Å². The van der Waals surface area contributed by atoms with E-state index in [1.165, 1.54) is 0 Å². The molecular formula is C9H11NO. The van der Waals surface area contributed by atoms with Gasteiger partial charge >= 0.3 is 0 Å². The van der Waals surface area contributed by atoms with Gasteiger partial charge < -0.3 is 9.73 Å². The van der Waals surface area contributed by atoms with Crippen molar-refractivity contribution in [1.82, 2.24) is 5.32 Å². The molecule has 2 heteroatoms. The van der Waals surface area contributed by atoms with Gasteiger partial charge in [-0.25, -0.2) is 0 Å². The van der Waals surface area contributed by atoms with Gasteiger partial charge in [-0.05, 0) is 25.6 Å². The normalized spacial score (nSPS) is 12.5. The van der Waals surface area contributed by atoms with Crippen LogP contribution in [0, 0.1) is 19.3 Å². The van der Waals surface area contributed by atoms with Gasteiger partial charge in [0.15, 0.2) is 0 Å². The predicted molar refractivity (Wildman–Crippen MR) is 44.1 cm³/mol. The Bertz CT molecular complexity index is 269. The summed E-state index contributed by atoms with van der Waals surface area (Å²) in [5, 5.41) is 2.97. The third kappa shape index (κ3) is 1.44. The van der Waals surface area contributed by atoms with Crippen molar-refractivity contribution in [3.05, 3.63) is 23.7 Å². The van der Waals surface area contributed by atoms with E-state index in [0.29, 0.717) is 0 Å². The first-order valence-electron chi connectivity index (χ1n) is 3.47. The van der Waals surface area contributed by atoms with Crippen LogP contribution in [0.4, 0.5) is 0 Å². The molecule has 1 atom stereocenters. The molecule has 0 amide bonds. The lowest BCUT2D eigenvalue weighted by Gasteiger charge is -2.05. The van der Waals surface area contributed by atoms with E-state index in [2.05, 4.69) is 11.2 Å². The van der Waals surface area contributed by atoms with Crippen LogP contribution in [0.1, 0.15) is 17.4 Å². The van der Waals surface area contributed by atoms with Crippen molar-refractivity contribution in [2.75, 3.05) is 7.05 Å². The Morgan fingerprint density at radius 1 is 1.73 bits per heavy atom. The highest BCUT2D eigenvalue weighted by molar-refractivity contribution is 5.24. The number of rotatable bonds is 2. The highest BCUT2D eigenvalue weighted by Crippen LogP contribution is 2.16. The standard InChI is InChI=1S/C9H11NO/c1-4-8(10-3)9-7(2)5-6-11-9/h1,5-6,8,10H,2-3H3. The first-order chi connectivity index (χ1) is 5.29. The second-order valence-electron chi connectivity index (χ2n) is 2.36. The second-order valence-corrected chi connectivity index (χ2v) is 2.36. The molecule has 58 valence electrons. The van der Waals surface area contributed by atoms with Crippen molar-refractivity contribution in [3.63, 3.8) is 0 Å². The topological polar surface area (TPSA) is 25.2 Å². The quantitative estimate of drug-likeness (QED) is 0.644. The van der Waals surface area contributed by atoms with Crippen molar-refractivity contribution in [2.24, 2.45) is 0 Å². The molecule has 0 aliphatic carbocycles. The summed E-state index contributed by atoms with van der Waals surface area (Å²) >= 11 is 0. The van der Waals surface area contributed by atoms with Gasteiger partial charge in [-0.1, -0.05) is 5.92 Å². The molecule has 1 N–H and O–H groups in total. The summed E-state index contributed by atoms with van der Waals surface area (Å²) in [6.07, 6.45) is 6.92. The number of aryl methyl sites for hydroxylation is 1.